The SMILES string of the molecule is CCc1nc2ccc(Cl)cn2c1C(=O)NCc1ccc(N2CCC(c3ccccn3)CC2)cc1. The van der Waals surface area contributed by atoms with Crippen molar-refractivity contribution in [2.75, 3.05) is 18.0 Å². The Hall–Kier alpha value is -3.38. The van der Waals surface area contributed by atoms with Gasteiger partial charge in [-0.25, -0.2) is 4.98 Å². The molecule has 1 amide bonds. The number of piperidine rings is 1. The summed E-state index contributed by atoms with van der Waals surface area (Å²) in [5.74, 6) is 0.391. The number of hydrogen-bond donors (Lipinski definition) is 1. The number of nitrogens with one attached hydrogen (secondary N) is 1. The molecular weight excluding hydrogens is 446 g/mol. The number of anilines is 1. The average Bonchev–Trinajstić information content (AvgIpc) is 3.26. The summed E-state index contributed by atoms with van der Waals surface area (Å²) in [4.78, 5) is 24.5. The van der Waals surface area contributed by atoms with E-state index in [4.69, 9.17) is 11.6 Å². The van der Waals surface area contributed by atoms with Gasteiger partial charge in [-0.05, 0) is 61.2 Å². The summed E-state index contributed by atoms with van der Waals surface area (Å²) >= 11 is 6.15. The number of rotatable bonds is 6. The van der Waals surface area contributed by atoms with Crippen LogP contribution in [0.5, 0.6) is 0 Å². The van der Waals surface area contributed by atoms with Crippen LogP contribution in [0.15, 0.2) is 67.0 Å². The van der Waals surface area contributed by atoms with Crippen molar-refractivity contribution in [1.82, 2.24) is 19.7 Å². The predicted octanol–water partition coefficient (Wildman–Crippen LogP) is 5.26. The molecule has 0 saturated carbocycles. The zero-order chi connectivity index (χ0) is 23.5. The summed E-state index contributed by atoms with van der Waals surface area (Å²) in [6, 6.07) is 18.3. The number of amides is 1. The fraction of sp³-hybridized carbons (Fsp3) is 0.296. The van der Waals surface area contributed by atoms with Crippen LogP contribution in [0.2, 0.25) is 5.02 Å². The first-order valence-electron chi connectivity index (χ1n) is 11.8. The van der Waals surface area contributed by atoms with Gasteiger partial charge in [0.05, 0.1) is 10.7 Å². The van der Waals surface area contributed by atoms with E-state index in [1.807, 2.05) is 25.3 Å². The quantitative estimate of drug-likeness (QED) is 0.415. The summed E-state index contributed by atoms with van der Waals surface area (Å²) in [5.41, 5.74) is 5.52. The predicted molar refractivity (Wildman–Crippen MR) is 136 cm³/mol. The highest BCUT2D eigenvalue weighted by molar-refractivity contribution is 6.30. The Morgan fingerprint density at radius 2 is 1.88 bits per heavy atom. The van der Waals surface area contributed by atoms with E-state index in [2.05, 4.69) is 56.6 Å². The molecule has 1 fully saturated rings. The van der Waals surface area contributed by atoms with Crippen LogP contribution in [0.25, 0.3) is 5.65 Å². The second-order valence-electron chi connectivity index (χ2n) is 8.70. The summed E-state index contributed by atoms with van der Waals surface area (Å²) < 4.78 is 1.77. The van der Waals surface area contributed by atoms with Gasteiger partial charge in [0.15, 0.2) is 0 Å². The molecule has 5 rings (SSSR count). The van der Waals surface area contributed by atoms with Gasteiger partial charge in [-0.2, -0.15) is 0 Å². The minimum atomic E-state index is -0.146. The topological polar surface area (TPSA) is 62.5 Å². The van der Waals surface area contributed by atoms with E-state index in [1.165, 1.54) is 11.4 Å². The number of aromatic nitrogens is 3. The van der Waals surface area contributed by atoms with Crippen LogP contribution in [0.1, 0.15) is 53.1 Å². The number of pyridine rings is 2. The lowest BCUT2D eigenvalue weighted by Crippen LogP contribution is -2.33. The molecule has 1 aliphatic heterocycles. The van der Waals surface area contributed by atoms with E-state index in [0.717, 1.165) is 42.8 Å². The second kappa shape index (κ2) is 9.85. The van der Waals surface area contributed by atoms with Crippen molar-refractivity contribution in [1.29, 1.82) is 0 Å². The first-order chi connectivity index (χ1) is 16.6. The van der Waals surface area contributed by atoms with Gasteiger partial charge in [-0.1, -0.05) is 36.7 Å². The van der Waals surface area contributed by atoms with Gasteiger partial charge in [0.25, 0.3) is 5.91 Å². The summed E-state index contributed by atoms with van der Waals surface area (Å²) in [6.07, 6.45) is 6.51. The van der Waals surface area contributed by atoms with Gasteiger partial charge in [0.2, 0.25) is 0 Å². The molecule has 3 aromatic heterocycles. The fourth-order valence-electron chi connectivity index (χ4n) is 4.70. The molecule has 0 bridgehead atoms. The van der Waals surface area contributed by atoms with Crippen molar-refractivity contribution in [3.63, 3.8) is 0 Å². The van der Waals surface area contributed by atoms with Gasteiger partial charge in [-0.15, -0.1) is 0 Å². The van der Waals surface area contributed by atoms with Crippen LogP contribution >= 0.6 is 11.6 Å². The number of halogens is 1. The van der Waals surface area contributed by atoms with Crippen molar-refractivity contribution in [3.05, 3.63) is 94.7 Å². The summed E-state index contributed by atoms with van der Waals surface area (Å²) in [6.45, 7) is 4.50. The molecule has 7 heteroatoms. The number of fused-ring (bicyclic) bond motifs is 1. The lowest BCUT2D eigenvalue weighted by Gasteiger charge is -2.33. The molecule has 4 aromatic rings. The van der Waals surface area contributed by atoms with E-state index in [9.17, 15) is 4.79 Å². The molecule has 0 spiro atoms. The smallest absolute Gasteiger partial charge is 0.270 e. The number of nitrogens with zero attached hydrogens (tertiary/aromatic N) is 4. The fourth-order valence-corrected chi connectivity index (χ4v) is 4.86. The van der Waals surface area contributed by atoms with Crippen LogP contribution < -0.4 is 10.2 Å². The number of hydrogen-bond acceptors (Lipinski definition) is 4. The number of aryl methyl sites for hydroxylation is 1. The minimum Gasteiger partial charge on any atom is -0.371 e. The maximum absolute atomic E-state index is 13.0. The van der Waals surface area contributed by atoms with Crippen LogP contribution in [-0.4, -0.2) is 33.4 Å². The van der Waals surface area contributed by atoms with E-state index in [-0.39, 0.29) is 5.91 Å². The third kappa shape index (κ3) is 4.64. The Labute approximate surface area is 204 Å². The Bertz CT molecular complexity index is 1280. The highest BCUT2D eigenvalue weighted by atomic mass is 35.5. The Balaban J connectivity index is 1.21. The molecule has 0 unspecified atom stereocenters. The van der Waals surface area contributed by atoms with Gasteiger partial charge < -0.3 is 10.2 Å². The van der Waals surface area contributed by atoms with E-state index in [1.54, 1.807) is 16.7 Å². The van der Waals surface area contributed by atoms with E-state index in [0.29, 0.717) is 29.6 Å². The first-order valence-corrected chi connectivity index (χ1v) is 12.2. The zero-order valence-corrected chi connectivity index (χ0v) is 20.0. The van der Waals surface area contributed by atoms with Crippen LogP contribution in [0.3, 0.4) is 0 Å². The first kappa shape index (κ1) is 22.4. The number of imidazole rings is 1. The lowest BCUT2D eigenvalue weighted by molar-refractivity contribution is 0.0944. The Morgan fingerprint density at radius 3 is 2.59 bits per heavy atom. The van der Waals surface area contributed by atoms with Gasteiger partial charge in [0, 0.05) is 49.3 Å². The van der Waals surface area contributed by atoms with Crippen molar-refractivity contribution in [2.24, 2.45) is 0 Å². The third-order valence-corrected chi connectivity index (χ3v) is 6.78. The molecule has 4 heterocycles. The molecule has 0 aliphatic carbocycles. The zero-order valence-electron chi connectivity index (χ0n) is 19.2. The standard InChI is InChI=1S/C27H28ClN5O/c1-2-23-26(33-18-21(28)8-11-25(33)31-23)27(34)30-17-19-6-9-22(10-7-19)32-15-12-20(13-16-32)24-5-3-4-14-29-24/h3-11,14,18,20H,2,12-13,15-17H2,1H3,(H,30,34). The monoisotopic (exact) mass is 473 g/mol. The molecule has 174 valence electrons. The Kier molecular flexibility index (Phi) is 6.50. The highest BCUT2D eigenvalue weighted by Gasteiger charge is 2.22. The van der Waals surface area contributed by atoms with Crippen LogP contribution in [-0.2, 0) is 13.0 Å². The van der Waals surface area contributed by atoms with Crippen LogP contribution in [0.4, 0.5) is 5.69 Å². The average molecular weight is 474 g/mol. The normalized spacial score (nSPS) is 14.5. The van der Waals surface area contributed by atoms with Crippen molar-refractivity contribution in [3.8, 4) is 0 Å². The largest absolute Gasteiger partial charge is 0.371 e. The number of carbonyl (C=O) groups excluding carboxylic acids is 1. The number of carbonyl (C=O) groups is 1. The maximum Gasteiger partial charge on any atom is 0.270 e. The highest BCUT2D eigenvalue weighted by Crippen LogP contribution is 2.29. The van der Waals surface area contributed by atoms with E-state index < -0.39 is 0 Å². The molecular formula is C27H28ClN5O. The molecule has 6 nitrogen and oxygen atoms in total. The minimum absolute atomic E-state index is 0.146. The molecule has 0 radical (unpaired) electrons. The molecule has 34 heavy (non-hydrogen) atoms. The molecule has 1 saturated heterocycles. The maximum atomic E-state index is 13.0. The lowest BCUT2D eigenvalue weighted by atomic mass is 9.93. The number of benzene rings is 1. The molecule has 1 aliphatic rings. The van der Waals surface area contributed by atoms with Crippen molar-refractivity contribution >= 4 is 28.8 Å². The van der Waals surface area contributed by atoms with Gasteiger partial charge >= 0.3 is 0 Å². The van der Waals surface area contributed by atoms with Crippen LogP contribution in [0, 0.1) is 0 Å². The van der Waals surface area contributed by atoms with E-state index >= 15 is 0 Å². The third-order valence-electron chi connectivity index (χ3n) is 6.56. The Morgan fingerprint density at radius 1 is 1.09 bits per heavy atom. The molecule has 1 N–H and O–H groups in total. The van der Waals surface area contributed by atoms with Crippen molar-refractivity contribution in [2.45, 2.75) is 38.6 Å². The van der Waals surface area contributed by atoms with Crippen molar-refractivity contribution < 1.29 is 4.79 Å². The summed E-state index contributed by atoms with van der Waals surface area (Å²) in [7, 11) is 0. The van der Waals surface area contributed by atoms with Gasteiger partial charge in [-0.3, -0.25) is 14.2 Å². The summed E-state index contributed by atoms with van der Waals surface area (Å²) in [5, 5.41) is 3.62. The molecule has 1 aromatic carbocycles. The second-order valence-corrected chi connectivity index (χ2v) is 9.14. The van der Waals surface area contributed by atoms with Gasteiger partial charge in [0.1, 0.15) is 11.3 Å². The molecule has 0 atom stereocenters.